The molecule has 6 heteroatoms. The van der Waals surface area contributed by atoms with E-state index in [2.05, 4.69) is 14.5 Å². The van der Waals surface area contributed by atoms with E-state index >= 15 is 0 Å². The van der Waals surface area contributed by atoms with E-state index in [-0.39, 0.29) is 17.2 Å². The molecule has 1 spiro atoms. The smallest absolute Gasteiger partial charge is 0.135 e. The predicted molar refractivity (Wildman–Crippen MR) is 101 cm³/mol. The highest BCUT2D eigenvalue weighted by molar-refractivity contribution is 5.59. The van der Waals surface area contributed by atoms with Crippen LogP contribution in [-0.2, 0) is 24.4 Å². The molecule has 0 bridgehead atoms. The molecule has 3 aromatic rings. The van der Waals surface area contributed by atoms with Crippen LogP contribution in [-0.4, -0.2) is 33.1 Å². The van der Waals surface area contributed by atoms with Crippen LogP contribution in [0.1, 0.15) is 17.8 Å². The van der Waals surface area contributed by atoms with E-state index in [4.69, 9.17) is 4.74 Å². The van der Waals surface area contributed by atoms with Gasteiger partial charge in [-0.3, -0.25) is 4.90 Å². The summed E-state index contributed by atoms with van der Waals surface area (Å²) in [5.74, 6) is 0.475. The fraction of sp³-hybridized carbons (Fsp3) is 0.318. The zero-order valence-electron chi connectivity index (χ0n) is 15.4. The summed E-state index contributed by atoms with van der Waals surface area (Å²) in [5, 5.41) is 0. The second-order valence-electron chi connectivity index (χ2n) is 7.68. The van der Waals surface area contributed by atoms with Gasteiger partial charge in [0.2, 0.25) is 0 Å². The van der Waals surface area contributed by atoms with Crippen molar-refractivity contribution >= 4 is 0 Å². The van der Waals surface area contributed by atoms with Crippen molar-refractivity contribution in [3.63, 3.8) is 0 Å². The summed E-state index contributed by atoms with van der Waals surface area (Å²) in [7, 11) is 0. The molecule has 0 saturated carbocycles. The van der Waals surface area contributed by atoms with Crippen molar-refractivity contribution in [1.29, 1.82) is 0 Å². The van der Waals surface area contributed by atoms with Gasteiger partial charge < -0.3 is 9.30 Å². The van der Waals surface area contributed by atoms with Gasteiger partial charge >= 0.3 is 0 Å². The lowest BCUT2D eigenvalue weighted by molar-refractivity contribution is -0.0821. The first kappa shape index (κ1) is 17.5. The second kappa shape index (κ2) is 6.79. The minimum absolute atomic E-state index is 0.163. The lowest BCUT2D eigenvalue weighted by Crippen LogP contribution is -2.44. The van der Waals surface area contributed by atoms with Crippen molar-refractivity contribution in [2.24, 2.45) is 0 Å². The highest BCUT2D eigenvalue weighted by Gasteiger charge is 2.43. The number of hydrogen-bond donors (Lipinski definition) is 0. The van der Waals surface area contributed by atoms with Crippen molar-refractivity contribution in [1.82, 2.24) is 14.5 Å². The monoisotopic (exact) mass is 381 g/mol. The van der Waals surface area contributed by atoms with Crippen molar-refractivity contribution < 1.29 is 13.5 Å². The van der Waals surface area contributed by atoms with Gasteiger partial charge in [0.05, 0.1) is 18.4 Å². The molecule has 1 fully saturated rings. The number of hydrogen-bond acceptors (Lipinski definition) is 3. The van der Waals surface area contributed by atoms with Gasteiger partial charge in [0.15, 0.2) is 0 Å². The van der Waals surface area contributed by atoms with E-state index in [0.29, 0.717) is 25.3 Å². The van der Waals surface area contributed by atoms with Gasteiger partial charge in [0.1, 0.15) is 29.7 Å². The Balaban J connectivity index is 1.36. The first-order valence-corrected chi connectivity index (χ1v) is 9.52. The van der Waals surface area contributed by atoms with Crippen molar-refractivity contribution in [2.45, 2.75) is 31.7 Å². The van der Waals surface area contributed by atoms with Gasteiger partial charge in [-0.25, -0.2) is 13.8 Å². The Kier molecular flexibility index (Phi) is 4.25. The maximum Gasteiger partial charge on any atom is 0.135 e. The number of nitrogens with zero attached hydrogens (tertiary/aromatic N) is 3. The van der Waals surface area contributed by atoms with Crippen LogP contribution in [0.2, 0.25) is 0 Å². The molecule has 5 rings (SSSR count). The fourth-order valence-electron chi connectivity index (χ4n) is 4.29. The molecule has 0 N–H and O–H groups in total. The first-order valence-electron chi connectivity index (χ1n) is 9.52. The number of imidazole rings is 1. The van der Waals surface area contributed by atoms with Crippen LogP contribution in [0.4, 0.5) is 8.78 Å². The molecule has 144 valence electrons. The molecular weight excluding hydrogens is 360 g/mol. The molecule has 1 aromatic heterocycles. The predicted octanol–water partition coefficient (Wildman–Crippen LogP) is 4.00. The average Bonchev–Trinajstić information content (AvgIpc) is 3.29. The van der Waals surface area contributed by atoms with E-state index in [1.807, 2.05) is 18.3 Å². The average molecular weight is 381 g/mol. The van der Waals surface area contributed by atoms with Crippen molar-refractivity contribution in [3.8, 4) is 11.3 Å². The Hall–Kier alpha value is -2.57. The van der Waals surface area contributed by atoms with E-state index < -0.39 is 0 Å². The third-order valence-corrected chi connectivity index (χ3v) is 5.78. The van der Waals surface area contributed by atoms with Gasteiger partial charge in [-0.1, -0.05) is 18.2 Å². The zero-order valence-corrected chi connectivity index (χ0v) is 15.4. The molecule has 3 heterocycles. The van der Waals surface area contributed by atoms with E-state index in [0.717, 1.165) is 36.6 Å². The molecule has 2 aliphatic rings. The molecule has 1 saturated heterocycles. The summed E-state index contributed by atoms with van der Waals surface area (Å²) >= 11 is 0. The number of ether oxygens (including phenoxy) is 1. The summed E-state index contributed by atoms with van der Waals surface area (Å²) in [6.45, 7) is 3.35. The fourth-order valence-corrected chi connectivity index (χ4v) is 4.29. The van der Waals surface area contributed by atoms with Crippen LogP contribution in [0.25, 0.3) is 11.3 Å². The molecular formula is C22H21F2N3O. The lowest BCUT2D eigenvalue weighted by Gasteiger charge is -2.35. The third kappa shape index (κ3) is 3.12. The van der Waals surface area contributed by atoms with Gasteiger partial charge in [0.25, 0.3) is 0 Å². The van der Waals surface area contributed by atoms with Crippen molar-refractivity contribution in [2.75, 3.05) is 13.1 Å². The standard InChI is InChI=1S/C22H21F2N3O/c23-18-7-5-16(6-8-18)20-11-25-21-13-28-22(15-27(20)21)9-10-26(14-22)12-17-3-1-2-4-19(17)24/h1-8,11H,9-10,12-15H2/t22-/m1/s1. The first-order chi connectivity index (χ1) is 13.6. The maximum absolute atomic E-state index is 14.0. The lowest BCUT2D eigenvalue weighted by atomic mass is 10.0. The van der Waals surface area contributed by atoms with Crippen LogP contribution in [0, 0.1) is 11.6 Å². The maximum atomic E-state index is 14.0. The number of likely N-dealkylation sites (tertiary alicyclic amines) is 1. The second-order valence-corrected chi connectivity index (χ2v) is 7.68. The number of halogens is 2. The van der Waals surface area contributed by atoms with Crippen LogP contribution in [0.3, 0.4) is 0 Å². The molecule has 2 aliphatic heterocycles. The van der Waals surface area contributed by atoms with Crippen LogP contribution in [0.5, 0.6) is 0 Å². The zero-order chi connectivity index (χ0) is 19.1. The Labute approximate surface area is 162 Å². The van der Waals surface area contributed by atoms with Gasteiger partial charge in [-0.15, -0.1) is 0 Å². The summed E-state index contributed by atoms with van der Waals surface area (Å²) in [6, 6.07) is 13.4. The summed E-state index contributed by atoms with van der Waals surface area (Å²) < 4.78 is 35.7. The summed E-state index contributed by atoms with van der Waals surface area (Å²) in [6.07, 6.45) is 2.72. The largest absolute Gasteiger partial charge is 0.364 e. The van der Waals surface area contributed by atoms with Crippen LogP contribution < -0.4 is 0 Å². The third-order valence-electron chi connectivity index (χ3n) is 5.78. The van der Waals surface area contributed by atoms with E-state index in [9.17, 15) is 8.78 Å². The molecule has 0 aliphatic carbocycles. The molecule has 2 aromatic carbocycles. The number of rotatable bonds is 3. The van der Waals surface area contributed by atoms with Gasteiger partial charge in [0, 0.05) is 25.2 Å². The van der Waals surface area contributed by atoms with E-state index in [1.165, 1.54) is 18.2 Å². The highest BCUT2D eigenvalue weighted by atomic mass is 19.1. The molecule has 4 nitrogen and oxygen atoms in total. The van der Waals surface area contributed by atoms with Gasteiger partial charge in [-0.2, -0.15) is 0 Å². The Morgan fingerprint density at radius 2 is 1.86 bits per heavy atom. The SMILES string of the molecule is Fc1ccc(-c2cnc3n2C[C@]2(CCN(Cc4ccccc4F)C2)OC3)cc1. The normalized spacial score (nSPS) is 21.9. The minimum atomic E-state index is -0.298. The van der Waals surface area contributed by atoms with Gasteiger partial charge in [-0.05, 0) is 42.3 Å². The molecule has 28 heavy (non-hydrogen) atoms. The molecule has 0 unspecified atom stereocenters. The molecule has 1 atom stereocenters. The van der Waals surface area contributed by atoms with Crippen LogP contribution >= 0.6 is 0 Å². The number of fused-ring (bicyclic) bond motifs is 1. The summed E-state index contributed by atoms with van der Waals surface area (Å²) in [5.41, 5.74) is 2.34. The molecule has 0 radical (unpaired) electrons. The number of aromatic nitrogens is 2. The highest BCUT2D eigenvalue weighted by Crippen LogP contribution is 2.35. The topological polar surface area (TPSA) is 30.3 Å². The quantitative estimate of drug-likeness (QED) is 0.687. The Bertz CT molecular complexity index is 1000. The van der Waals surface area contributed by atoms with Crippen molar-refractivity contribution in [3.05, 3.63) is 77.8 Å². The number of benzene rings is 2. The summed E-state index contributed by atoms with van der Waals surface area (Å²) in [4.78, 5) is 6.74. The molecule has 0 amide bonds. The van der Waals surface area contributed by atoms with Crippen LogP contribution in [0.15, 0.2) is 54.7 Å². The Morgan fingerprint density at radius 1 is 1.04 bits per heavy atom. The minimum Gasteiger partial charge on any atom is -0.364 e. The van der Waals surface area contributed by atoms with E-state index in [1.54, 1.807) is 18.2 Å². The Morgan fingerprint density at radius 3 is 2.68 bits per heavy atom.